The third-order valence-electron chi connectivity index (χ3n) is 3.94. The van der Waals surface area contributed by atoms with Gasteiger partial charge in [-0.15, -0.1) is 0 Å². The van der Waals surface area contributed by atoms with E-state index in [1.165, 1.54) is 0 Å². The van der Waals surface area contributed by atoms with Gasteiger partial charge in [-0.1, -0.05) is 0 Å². The van der Waals surface area contributed by atoms with Gasteiger partial charge in [0.25, 0.3) is 0 Å². The van der Waals surface area contributed by atoms with Crippen LogP contribution in [0, 0.1) is 5.92 Å². The molecule has 5 unspecified atom stereocenters. The highest BCUT2D eigenvalue weighted by molar-refractivity contribution is 7.84. The number of hydrogen-bond acceptors (Lipinski definition) is 3. The van der Waals surface area contributed by atoms with E-state index >= 15 is 0 Å². The predicted octanol–water partition coefficient (Wildman–Crippen LogP) is 0.401. The Hall–Kier alpha value is -1.11. The summed E-state index contributed by atoms with van der Waals surface area (Å²) in [5, 5.41) is 12.0. The van der Waals surface area contributed by atoms with Crippen molar-refractivity contribution in [2.24, 2.45) is 5.92 Å². The Kier molecular flexibility index (Phi) is 4.13. The summed E-state index contributed by atoms with van der Waals surface area (Å²) in [7, 11) is -0.957. The van der Waals surface area contributed by atoms with Crippen LogP contribution in [0.4, 0.5) is 4.79 Å². The van der Waals surface area contributed by atoms with Gasteiger partial charge in [-0.3, -0.25) is 9.00 Å². The van der Waals surface area contributed by atoms with Crippen LogP contribution in [0.25, 0.3) is 0 Å². The predicted molar refractivity (Wildman–Crippen MR) is 71.3 cm³/mol. The number of urea groups is 1. The van der Waals surface area contributed by atoms with Crippen molar-refractivity contribution >= 4 is 22.8 Å². The van der Waals surface area contributed by atoms with Crippen molar-refractivity contribution in [2.75, 3.05) is 12.0 Å². The second-order valence-corrected chi connectivity index (χ2v) is 6.96. The van der Waals surface area contributed by atoms with E-state index in [-0.39, 0.29) is 24.2 Å². The molecule has 2 aliphatic heterocycles. The minimum atomic E-state index is -0.957. The van der Waals surface area contributed by atoms with Crippen LogP contribution in [-0.2, 0) is 15.6 Å². The average molecular weight is 288 g/mol. The first-order chi connectivity index (χ1) is 8.90. The van der Waals surface area contributed by atoms with Crippen LogP contribution in [0.15, 0.2) is 0 Å². The molecule has 0 spiro atoms. The van der Waals surface area contributed by atoms with Gasteiger partial charge in [0.1, 0.15) is 0 Å². The lowest BCUT2D eigenvalue weighted by Gasteiger charge is -2.25. The minimum Gasteiger partial charge on any atom is -0.481 e. The van der Waals surface area contributed by atoms with Gasteiger partial charge in [0, 0.05) is 40.9 Å². The van der Waals surface area contributed by atoms with Crippen LogP contribution in [0.1, 0.15) is 26.2 Å². The molecule has 2 saturated heterocycles. The molecular weight excluding hydrogens is 268 g/mol. The number of hydrogen-bond donors (Lipinski definition) is 2. The zero-order valence-electron chi connectivity index (χ0n) is 11.2. The highest BCUT2D eigenvalue weighted by Gasteiger charge is 2.51. The molecule has 2 heterocycles. The maximum absolute atomic E-state index is 12.2. The van der Waals surface area contributed by atoms with E-state index in [4.69, 9.17) is 5.11 Å². The van der Waals surface area contributed by atoms with Crippen LogP contribution in [0.5, 0.6) is 0 Å². The second-order valence-electron chi connectivity index (χ2n) is 5.48. The lowest BCUT2D eigenvalue weighted by molar-refractivity contribution is -0.142. The monoisotopic (exact) mass is 288 g/mol. The molecule has 2 bridgehead atoms. The molecule has 0 aromatic carbocycles. The van der Waals surface area contributed by atoms with Crippen LogP contribution < -0.4 is 5.32 Å². The topological polar surface area (TPSA) is 86.7 Å². The van der Waals surface area contributed by atoms with Crippen LogP contribution in [0.3, 0.4) is 0 Å². The Morgan fingerprint density at radius 3 is 2.68 bits per heavy atom. The number of aliphatic carboxylic acids is 1. The summed E-state index contributed by atoms with van der Waals surface area (Å²) in [6, 6.07) is -0.511. The molecule has 0 aromatic heterocycles. The van der Waals surface area contributed by atoms with E-state index in [0.29, 0.717) is 12.2 Å². The fourth-order valence-corrected chi connectivity index (χ4v) is 4.04. The summed E-state index contributed by atoms with van der Waals surface area (Å²) in [6.45, 7) is 1.81. The fraction of sp³-hybridized carbons (Fsp3) is 0.833. The van der Waals surface area contributed by atoms with Gasteiger partial charge in [0.15, 0.2) is 0 Å². The van der Waals surface area contributed by atoms with Crippen molar-refractivity contribution in [3.8, 4) is 0 Å². The first-order valence-corrected chi connectivity index (χ1v) is 8.24. The van der Waals surface area contributed by atoms with Crippen molar-refractivity contribution in [2.45, 2.75) is 44.3 Å². The van der Waals surface area contributed by atoms with Gasteiger partial charge in [-0.05, 0) is 26.2 Å². The molecule has 0 saturated carbocycles. The standard InChI is InChI=1S/C12H20N2O4S/c1-7(6-19(2)18)13-12(17)14-8-3-4-10(14)9(5-8)11(15)16/h7-10H,3-6H2,1-2H3,(H,13,17)(H,15,16). The molecule has 0 aromatic rings. The molecule has 0 aliphatic carbocycles. The van der Waals surface area contributed by atoms with Gasteiger partial charge >= 0.3 is 12.0 Å². The van der Waals surface area contributed by atoms with Gasteiger partial charge < -0.3 is 15.3 Å². The smallest absolute Gasteiger partial charge is 0.318 e. The molecule has 7 heteroatoms. The van der Waals surface area contributed by atoms with Gasteiger partial charge in [-0.25, -0.2) is 4.79 Å². The summed E-state index contributed by atoms with van der Waals surface area (Å²) in [5.41, 5.74) is 0. The molecule has 108 valence electrons. The van der Waals surface area contributed by atoms with Crippen molar-refractivity contribution in [3.63, 3.8) is 0 Å². The first kappa shape index (κ1) is 14.3. The molecule has 2 fully saturated rings. The van der Waals surface area contributed by atoms with Crippen molar-refractivity contribution < 1.29 is 18.9 Å². The van der Waals surface area contributed by atoms with E-state index in [9.17, 15) is 13.8 Å². The number of carbonyl (C=O) groups excluding carboxylic acids is 1. The second kappa shape index (κ2) is 5.48. The van der Waals surface area contributed by atoms with Crippen molar-refractivity contribution in [1.82, 2.24) is 10.2 Å². The molecule has 0 radical (unpaired) electrons. The Balaban J connectivity index is 1.97. The summed E-state index contributed by atoms with van der Waals surface area (Å²) in [6.07, 6.45) is 3.81. The van der Waals surface area contributed by atoms with E-state index in [1.54, 1.807) is 11.2 Å². The molecule has 5 atom stereocenters. The van der Waals surface area contributed by atoms with E-state index in [1.807, 2.05) is 6.92 Å². The largest absolute Gasteiger partial charge is 0.481 e. The maximum atomic E-state index is 12.2. The summed E-state index contributed by atoms with van der Waals surface area (Å²) in [5.74, 6) is -0.829. The maximum Gasteiger partial charge on any atom is 0.318 e. The first-order valence-electron chi connectivity index (χ1n) is 6.51. The summed E-state index contributed by atoms with van der Waals surface area (Å²) in [4.78, 5) is 25.0. The number of nitrogens with zero attached hydrogens (tertiary/aromatic N) is 1. The van der Waals surface area contributed by atoms with Crippen LogP contribution in [0.2, 0.25) is 0 Å². The average Bonchev–Trinajstić information content (AvgIpc) is 2.84. The Morgan fingerprint density at radius 1 is 1.47 bits per heavy atom. The highest BCUT2D eigenvalue weighted by atomic mass is 32.2. The Labute approximate surface area is 115 Å². The third kappa shape index (κ3) is 2.91. The van der Waals surface area contributed by atoms with E-state index in [2.05, 4.69) is 5.32 Å². The molecule has 2 amide bonds. The van der Waals surface area contributed by atoms with Gasteiger partial charge in [0.2, 0.25) is 0 Å². The number of carboxylic acids is 1. The lowest BCUT2D eigenvalue weighted by Crippen LogP contribution is -2.48. The van der Waals surface area contributed by atoms with Crippen LogP contribution >= 0.6 is 0 Å². The highest BCUT2D eigenvalue weighted by Crippen LogP contribution is 2.41. The van der Waals surface area contributed by atoms with Crippen molar-refractivity contribution in [1.29, 1.82) is 0 Å². The zero-order valence-corrected chi connectivity index (χ0v) is 12.0. The molecule has 2 rings (SSSR count). The number of carboxylic acid groups (broad SMARTS) is 1. The van der Waals surface area contributed by atoms with Crippen molar-refractivity contribution in [3.05, 3.63) is 0 Å². The normalized spacial score (nSPS) is 32.1. The number of nitrogens with one attached hydrogen (secondary N) is 1. The SMILES string of the molecule is CC(CS(C)=O)NC(=O)N1C2CCC1C(C(=O)O)C2. The number of amides is 2. The van der Waals surface area contributed by atoms with E-state index in [0.717, 1.165) is 12.8 Å². The lowest BCUT2D eigenvalue weighted by atomic mass is 9.89. The molecule has 2 N–H and O–H groups in total. The summed E-state index contributed by atoms with van der Waals surface area (Å²) >= 11 is 0. The summed E-state index contributed by atoms with van der Waals surface area (Å²) < 4.78 is 11.1. The van der Waals surface area contributed by atoms with Gasteiger partial charge in [0.05, 0.1) is 5.92 Å². The minimum absolute atomic E-state index is 0.0467. The Bertz CT molecular complexity index is 415. The fourth-order valence-electron chi connectivity index (χ4n) is 3.25. The Morgan fingerprint density at radius 2 is 2.16 bits per heavy atom. The molecule has 6 nitrogen and oxygen atoms in total. The number of fused-ring (bicyclic) bond motifs is 2. The van der Waals surface area contributed by atoms with E-state index < -0.39 is 22.7 Å². The molecular formula is C12H20N2O4S. The zero-order chi connectivity index (χ0) is 14.2. The third-order valence-corrected chi connectivity index (χ3v) is 4.91. The van der Waals surface area contributed by atoms with Crippen LogP contribution in [-0.4, -0.2) is 56.3 Å². The molecule has 2 aliphatic rings. The van der Waals surface area contributed by atoms with Gasteiger partial charge in [-0.2, -0.15) is 0 Å². The number of rotatable bonds is 4. The molecule has 19 heavy (non-hydrogen) atoms. The quantitative estimate of drug-likeness (QED) is 0.784. The number of carbonyl (C=O) groups is 2.